The molecule has 0 heterocycles. The van der Waals surface area contributed by atoms with Crippen LogP contribution in [0.1, 0.15) is 27.7 Å². The van der Waals surface area contributed by atoms with Gasteiger partial charge in [0, 0.05) is 31.6 Å². The first-order valence-electron chi connectivity index (χ1n) is 6.30. The summed E-state index contributed by atoms with van der Waals surface area (Å²) < 4.78 is 5.13. The molecule has 114 valence electrons. The maximum Gasteiger partial charge on any atom is 0.407 e. The van der Waals surface area contributed by atoms with Gasteiger partial charge in [-0.2, -0.15) is 0 Å². The first-order valence-corrected chi connectivity index (χ1v) is 6.30. The Hall–Kier alpha value is -1.95. The van der Waals surface area contributed by atoms with Gasteiger partial charge in [-0.25, -0.2) is 4.79 Å². The number of carbonyl (C=O) groups excluding carboxylic acids is 2. The second-order valence-corrected chi connectivity index (χ2v) is 5.69. The van der Waals surface area contributed by atoms with Crippen LogP contribution in [0, 0.1) is 5.92 Å². The van der Waals surface area contributed by atoms with Gasteiger partial charge < -0.3 is 15.0 Å². The smallest absolute Gasteiger partial charge is 0.407 e. The van der Waals surface area contributed by atoms with Gasteiger partial charge >= 0.3 is 6.09 Å². The fourth-order valence-electron chi connectivity index (χ4n) is 1.49. The van der Waals surface area contributed by atoms with Gasteiger partial charge in [0.05, 0.1) is 5.92 Å². The summed E-state index contributed by atoms with van der Waals surface area (Å²) in [5.41, 5.74) is 7.75. The van der Waals surface area contributed by atoms with E-state index in [0.717, 1.165) is 0 Å². The monoisotopic (exact) mass is 285 g/mol. The fraction of sp³-hybridized carbons (Fsp3) is 0.833. The van der Waals surface area contributed by atoms with Gasteiger partial charge in [0.1, 0.15) is 5.60 Å². The lowest BCUT2D eigenvalue weighted by molar-refractivity contribution is -0.133. The second-order valence-electron chi connectivity index (χ2n) is 5.69. The number of azide groups is 1. The zero-order valence-electron chi connectivity index (χ0n) is 12.9. The first kappa shape index (κ1) is 18.0. The van der Waals surface area contributed by atoms with Crippen molar-refractivity contribution in [3.05, 3.63) is 10.4 Å². The standard InChI is InChI=1S/C12H23N5O3/c1-8(10(18)17(5)6)9(7-14-16-13)15-11(19)20-12(2,3)4/h8-9H,7H2,1-6H3,(H,15,19)/t8?,9-/m0/s1. The number of ether oxygens (including phenoxy) is 1. The van der Waals surface area contributed by atoms with E-state index in [-0.39, 0.29) is 12.5 Å². The van der Waals surface area contributed by atoms with Gasteiger partial charge in [0.2, 0.25) is 5.91 Å². The molecule has 8 heteroatoms. The van der Waals surface area contributed by atoms with E-state index in [4.69, 9.17) is 10.3 Å². The third-order valence-electron chi connectivity index (χ3n) is 2.48. The highest BCUT2D eigenvalue weighted by Gasteiger charge is 2.28. The molecule has 0 fully saturated rings. The average molecular weight is 285 g/mol. The zero-order chi connectivity index (χ0) is 15.9. The van der Waals surface area contributed by atoms with Crippen molar-refractivity contribution >= 4 is 12.0 Å². The number of rotatable bonds is 5. The summed E-state index contributed by atoms with van der Waals surface area (Å²) in [4.78, 5) is 27.7. The van der Waals surface area contributed by atoms with Crippen molar-refractivity contribution in [1.82, 2.24) is 10.2 Å². The topological polar surface area (TPSA) is 107 Å². The Morgan fingerprint density at radius 2 is 1.95 bits per heavy atom. The fourth-order valence-corrected chi connectivity index (χ4v) is 1.49. The molecule has 0 aromatic carbocycles. The average Bonchev–Trinajstić information content (AvgIpc) is 2.30. The molecule has 0 aliphatic rings. The van der Waals surface area contributed by atoms with Crippen molar-refractivity contribution < 1.29 is 14.3 Å². The van der Waals surface area contributed by atoms with Crippen molar-refractivity contribution in [2.75, 3.05) is 20.6 Å². The summed E-state index contributed by atoms with van der Waals surface area (Å²) in [7, 11) is 3.24. The Morgan fingerprint density at radius 1 is 1.40 bits per heavy atom. The van der Waals surface area contributed by atoms with Crippen molar-refractivity contribution in [3.8, 4) is 0 Å². The van der Waals surface area contributed by atoms with Crippen LogP contribution in [0.25, 0.3) is 10.4 Å². The van der Waals surface area contributed by atoms with Crippen molar-refractivity contribution in [2.45, 2.75) is 39.3 Å². The van der Waals surface area contributed by atoms with E-state index in [9.17, 15) is 9.59 Å². The largest absolute Gasteiger partial charge is 0.444 e. The van der Waals surface area contributed by atoms with E-state index in [1.54, 1.807) is 41.8 Å². The van der Waals surface area contributed by atoms with Crippen LogP contribution in [0.15, 0.2) is 5.11 Å². The molecule has 1 N–H and O–H groups in total. The third-order valence-corrected chi connectivity index (χ3v) is 2.48. The van der Waals surface area contributed by atoms with Gasteiger partial charge in [0.25, 0.3) is 0 Å². The molecule has 0 spiro atoms. The highest BCUT2D eigenvalue weighted by atomic mass is 16.6. The van der Waals surface area contributed by atoms with Gasteiger partial charge in [-0.05, 0) is 26.3 Å². The van der Waals surface area contributed by atoms with Crippen molar-refractivity contribution in [2.24, 2.45) is 11.0 Å². The molecule has 1 unspecified atom stereocenters. The van der Waals surface area contributed by atoms with Crippen LogP contribution in [0.4, 0.5) is 4.79 Å². The van der Waals surface area contributed by atoms with Gasteiger partial charge in [-0.3, -0.25) is 4.79 Å². The van der Waals surface area contributed by atoms with Crippen LogP contribution in [0.3, 0.4) is 0 Å². The number of carbonyl (C=O) groups is 2. The highest BCUT2D eigenvalue weighted by molar-refractivity contribution is 5.79. The van der Waals surface area contributed by atoms with Crippen LogP contribution in [0.2, 0.25) is 0 Å². The number of nitrogens with zero attached hydrogens (tertiary/aromatic N) is 4. The molecule has 0 radical (unpaired) electrons. The molecule has 0 saturated heterocycles. The Labute approximate surface area is 119 Å². The molecule has 0 saturated carbocycles. The van der Waals surface area contributed by atoms with Crippen LogP contribution < -0.4 is 5.32 Å². The first-order chi connectivity index (χ1) is 9.08. The Balaban J connectivity index is 4.84. The van der Waals surface area contributed by atoms with E-state index in [2.05, 4.69) is 15.3 Å². The second kappa shape index (κ2) is 7.59. The minimum absolute atomic E-state index is 0.0174. The van der Waals surface area contributed by atoms with Crippen molar-refractivity contribution in [1.29, 1.82) is 0 Å². The van der Waals surface area contributed by atoms with Crippen LogP contribution in [-0.2, 0) is 9.53 Å². The summed E-state index contributed by atoms with van der Waals surface area (Å²) >= 11 is 0. The maximum absolute atomic E-state index is 11.9. The molecule has 8 nitrogen and oxygen atoms in total. The summed E-state index contributed by atoms with van der Waals surface area (Å²) in [6.07, 6.45) is -0.644. The van der Waals surface area contributed by atoms with E-state index >= 15 is 0 Å². The summed E-state index contributed by atoms with van der Waals surface area (Å²) in [6.45, 7) is 6.87. The Bertz CT molecular complexity index is 396. The molecular formula is C12H23N5O3. The SMILES string of the molecule is CC(C(=O)N(C)C)[C@H](CN=[N+]=[N-])NC(=O)OC(C)(C)C. The van der Waals surface area contributed by atoms with Crippen LogP contribution >= 0.6 is 0 Å². The molecule has 0 aliphatic carbocycles. The summed E-state index contributed by atoms with van der Waals surface area (Å²) in [5.74, 6) is -0.692. The third kappa shape index (κ3) is 6.84. The lowest BCUT2D eigenvalue weighted by Crippen LogP contribution is -2.48. The van der Waals surface area contributed by atoms with E-state index < -0.39 is 23.7 Å². The van der Waals surface area contributed by atoms with Crippen LogP contribution in [0.5, 0.6) is 0 Å². The highest BCUT2D eigenvalue weighted by Crippen LogP contribution is 2.11. The molecule has 0 aromatic rings. The van der Waals surface area contributed by atoms with E-state index in [1.807, 2.05) is 0 Å². The maximum atomic E-state index is 11.9. The van der Waals surface area contributed by atoms with Gasteiger partial charge in [0.15, 0.2) is 0 Å². The minimum Gasteiger partial charge on any atom is -0.444 e. The lowest BCUT2D eigenvalue weighted by Gasteiger charge is -2.27. The van der Waals surface area contributed by atoms with Gasteiger partial charge in [-0.15, -0.1) is 0 Å². The molecule has 0 aromatic heterocycles. The number of alkyl carbamates (subject to hydrolysis) is 1. The Morgan fingerprint density at radius 3 is 2.35 bits per heavy atom. The number of hydrogen-bond donors (Lipinski definition) is 1. The van der Waals surface area contributed by atoms with Gasteiger partial charge in [-0.1, -0.05) is 12.0 Å². The summed E-state index contributed by atoms with van der Waals surface area (Å²) in [6, 6.07) is -0.615. The predicted molar refractivity (Wildman–Crippen MR) is 75.0 cm³/mol. The van der Waals surface area contributed by atoms with Crippen LogP contribution in [-0.4, -0.2) is 49.2 Å². The molecule has 0 aliphatic heterocycles. The zero-order valence-corrected chi connectivity index (χ0v) is 12.9. The number of nitrogens with one attached hydrogen (secondary N) is 1. The quantitative estimate of drug-likeness (QED) is 0.473. The number of amides is 2. The molecule has 20 heavy (non-hydrogen) atoms. The molecular weight excluding hydrogens is 262 g/mol. The molecule has 0 bridgehead atoms. The predicted octanol–water partition coefficient (Wildman–Crippen LogP) is 1.91. The molecule has 0 rings (SSSR count). The minimum atomic E-state index is -0.644. The lowest BCUT2D eigenvalue weighted by atomic mass is 10.0. The Kier molecular flexibility index (Phi) is 6.85. The number of hydrogen-bond acceptors (Lipinski definition) is 4. The normalized spacial score (nSPS) is 13.7. The van der Waals surface area contributed by atoms with E-state index in [1.165, 1.54) is 4.90 Å². The van der Waals surface area contributed by atoms with Crippen molar-refractivity contribution in [3.63, 3.8) is 0 Å². The van der Waals surface area contributed by atoms with E-state index in [0.29, 0.717) is 0 Å². The summed E-state index contributed by atoms with van der Waals surface area (Å²) in [5, 5.41) is 5.99. The molecule has 2 amide bonds. The molecule has 2 atom stereocenters.